The molecule has 0 saturated carbocycles. The first kappa shape index (κ1) is 20.0. The van der Waals surface area contributed by atoms with Crippen molar-refractivity contribution in [2.45, 2.75) is 13.0 Å². The molecule has 1 amide bonds. The van der Waals surface area contributed by atoms with Gasteiger partial charge in [0.2, 0.25) is 0 Å². The van der Waals surface area contributed by atoms with E-state index >= 15 is 0 Å². The Morgan fingerprint density at radius 2 is 1.91 bits per heavy atom. The van der Waals surface area contributed by atoms with Crippen LogP contribution in [0.5, 0.6) is 5.75 Å². The molecular formula is C24H19N3O4S. The molecule has 0 fully saturated rings. The van der Waals surface area contributed by atoms with Crippen LogP contribution in [0.15, 0.2) is 66.0 Å². The number of aromatic amines is 1. The second-order valence-electron chi connectivity index (χ2n) is 7.27. The van der Waals surface area contributed by atoms with E-state index in [0.29, 0.717) is 23.6 Å². The zero-order valence-electron chi connectivity index (χ0n) is 17.1. The molecule has 1 aliphatic rings. The Hall–Kier alpha value is -3.91. The number of nitrogens with one attached hydrogen (secondary N) is 1. The highest BCUT2D eigenvalue weighted by atomic mass is 32.1. The average Bonchev–Trinajstić information content (AvgIpc) is 3.53. The second-order valence-corrected chi connectivity index (χ2v) is 8.22. The molecule has 8 heteroatoms. The van der Waals surface area contributed by atoms with Crippen molar-refractivity contribution >= 4 is 28.9 Å². The van der Waals surface area contributed by atoms with Crippen molar-refractivity contribution in [1.29, 1.82) is 0 Å². The minimum Gasteiger partial charge on any atom is -0.508 e. The number of nitrogens with zero attached hydrogens (tertiary/aromatic N) is 2. The van der Waals surface area contributed by atoms with Crippen molar-refractivity contribution in [3.8, 4) is 16.3 Å². The Labute approximate surface area is 187 Å². The van der Waals surface area contributed by atoms with Crippen molar-refractivity contribution in [1.82, 2.24) is 10.2 Å². The number of aromatic hydroxyl groups is 1. The molecule has 3 heterocycles. The van der Waals surface area contributed by atoms with Gasteiger partial charge in [0.15, 0.2) is 5.69 Å². The molecule has 0 saturated heterocycles. The molecule has 7 nitrogen and oxygen atoms in total. The number of esters is 1. The third-order valence-corrected chi connectivity index (χ3v) is 6.28. The lowest BCUT2D eigenvalue weighted by atomic mass is 9.98. The highest BCUT2D eigenvalue weighted by Crippen LogP contribution is 2.45. The van der Waals surface area contributed by atoms with E-state index in [2.05, 4.69) is 10.2 Å². The predicted octanol–water partition coefficient (Wildman–Crippen LogP) is 4.77. The van der Waals surface area contributed by atoms with Gasteiger partial charge in [0.1, 0.15) is 5.75 Å². The van der Waals surface area contributed by atoms with Crippen molar-refractivity contribution in [3.63, 3.8) is 0 Å². The number of fused-ring (bicyclic) bond motifs is 1. The van der Waals surface area contributed by atoms with Gasteiger partial charge < -0.3 is 9.84 Å². The van der Waals surface area contributed by atoms with Crippen molar-refractivity contribution in [2.24, 2.45) is 0 Å². The number of carbonyl (C=O) groups excluding carboxylic acids is 2. The number of carbonyl (C=O) groups is 2. The van der Waals surface area contributed by atoms with Crippen LogP contribution in [0.2, 0.25) is 0 Å². The molecule has 32 heavy (non-hydrogen) atoms. The number of anilines is 1. The van der Waals surface area contributed by atoms with Crippen LogP contribution in [0, 0.1) is 0 Å². The molecule has 0 aliphatic carbocycles. The summed E-state index contributed by atoms with van der Waals surface area (Å²) >= 11 is 1.56. The number of hydrogen-bond donors (Lipinski definition) is 2. The van der Waals surface area contributed by atoms with Crippen molar-refractivity contribution in [2.75, 3.05) is 11.5 Å². The number of thiophene rings is 1. The van der Waals surface area contributed by atoms with Crippen LogP contribution in [-0.2, 0) is 4.74 Å². The molecule has 0 bridgehead atoms. The van der Waals surface area contributed by atoms with Crippen molar-refractivity contribution in [3.05, 3.63) is 88.4 Å². The monoisotopic (exact) mass is 445 g/mol. The number of benzene rings is 2. The smallest absolute Gasteiger partial charge is 0.338 e. The van der Waals surface area contributed by atoms with Crippen LogP contribution in [0.4, 0.5) is 5.69 Å². The first-order chi connectivity index (χ1) is 15.6. The Morgan fingerprint density at radius 1 is 1.16 bits per heavy atom. The number of hydrogen-bond acceptors (Lipinski definition) is 6. The predicted molar refractivity (Wildman–Crippen MR) is 121 cm³/mol. The van der Waals surface area contributed by atoms with Crippen LogP contribution >= 0.6 is 11.3 Å². The van der Waals surface area contributed by atoms with Gasteiger partial charge in [0, 0.05) is 11.3 Å². The summed E-state index contributed by atoms with van der Waals surface area (Å²) in [5.74, 6) is -0.495. The molecular weight excluding hydrogens is 426 g/mol. The lowest BCUT2D eigenvalue weighted by Gasteiger charge is -2.26. The van der Waals surface area contributed by atoms with E-state index in [4.69, 9.17) is 4.74 Å². The SMILES string of the molecule is CCOC(=O)c1ccc(N2C(=O)c3n[nH]c(-c4cccs4)c3C2c2ccc(O)cc2)cc1. The van der Waals surface area contributed by atoms with Crippen LogP contribution in [0.3, 0.4) is 0 Å². The fraction of sp³-hybridized carbons (Fsp3) is 0.125. The van der Waals surface area contributed by atoms with Gasteiger partial charge in [-0.15, -0.1) is 11.3 Å². The summed E-state index contributed by atoms with van der Waals surface area (Å²) < 4.78 is 5.06. The summed E-state index contributed by atoms with van der Waals surface area (Å²) in [6, 6.07) is 17.1. The zero-order valence-corrected chi connectivity index (χ0v) is 17.9. The first-order valence-corrected chi connectivity index (χ1v) is 11.0. The summed E-state index contributed by atoms with van der Waals surface area (Å²) in [4.78, 5) is 28.1. The highest BCUT2D eigenvalue weighted by molar-refractivity contribution is 7.13. The summed E-state index contributed by atoms with van der Waals surface area (Å²) in [6.45, 7) is 2.05. The van der Waals surface area contributed by atoms with Crippen LogP contribution in [0.1, 0.15) is 44.9 Å². The van der Waals surface area contributed by atoms with E-state index in [1.54, 1.807) is 71.7 Å². The maximum absolute atomic E-state index is 13.5. The second kappa shape index (κ2) is 7.97. The van der Waals surface area contributed by atoms with E-state index in [0.717, 1.165) is 21.7 Å². The third kappa shape index (κ3) is 3.25. The maximum atomic E-state index is 13.5. The number of amides is 1. The minimum atomic E-state index is -0.442. The van der Waals surface area contributed by atoms with Gasteiger partial charge in [-0.1, -0.05) is 18.2 Å². The highest BCUT2D eigenvalue weighted by Gasteiger charge is 2.43. The quantitative estimate of drug-likeness (QED) is 0.432. The van der Waals surface area contributed by atoms with Gasteiger partial charge in [-0.3, -0.25) is 14.8 Å². The third-order valence-electron chi connectivity index (χ3n) is 5.39. The maximum Gasteiger partial charge on any atom is 0.338 e. The van der Waals surface area contributed by atoms with Gasteiger partial charge in [-0.05, 0) is 60.3 Å². The normalized spacial score (nSPS) is 15.1. The minimum absolute atomic E-state index is 0.148. The van der Waals surface area contributed by atoms with Gasteiger partial charge in [-0.2, -0.15) is 5.10 Å². The molecule has 160 valence electrons. The summed E-state index contributed by atoms with van der Waals surface area (Å²) in [5, 5.41) is 19.1. The Kier molecular flexibility index (Phi) is 4.99. The fourth-order valence-corrected chi connectivity index (χ4v) is 4.69. The number of rotatable bonds is 5. The Balaban J connectivity index is 1.62. The summed E-state index contributed by atoms with van der Waals surface area (Å²) in [7, 11) is 0. The van der Waals surface area contributed by atoms with Crippen LogP contribution in [0.25, 0.3) is 10.6 Å². The van der Waals surface area contributed by atoms with E-state index in [1.807, 2.05) is 17.5 Å². The molecule has 4 aromatic rings. The van der Waals surface area contributed by atoms with E-state index < -0.39 is 12.0 Å². The number of phenolic OH excluding ortho intramolecular Hbond substituents is 1. The van der Waals surface area contributed by atoms with Crippen LogP contribution < -0.4 is 4.90 Å². The number of H-pyrrole nitrogens is 1. The standard InChI is InChI=1S/C24H19N3O4S/c1-2-31-24(30)15-5-9-16(10-6-15)27-22(14-7-11-17(28)12-8-14)19-20(18-4-3-13-32-18)25-26-21(19)23(27)29/h3-13,22,28H,2H2,1H3,(H,25,26). The van der Waals surface area contributed by atoms with E-state index in [1.165, 1.54) is 0 Å². The van der Waals surface area contributed by atoms with E-state index in [-0.39, 0.29) is 11.7 Å². The van der Waals surface area contributed by atoms with Gasteiger partial charge in [0.05, 0.1) is 28.8 Å². The fourth-order valence-electron chi connectivity index (χ4n) is 3.96. The Morgan fingerprint density at radius 3 is 2.56 bits per heavy atom. The largest absolute Gasteiger partial charge is 0.508 e. The molecule has 2 N–H and O–H groups in total. The molecule has 0 radical (unpaired) electrons. The molecule has 1 unspecified atom stereocenters. The Bertz CT molecular complexity index is 1280. The van der Waals surface area contributed by atoms with E-state index in [9.17, 15) is 14.7 Å². The number of ether oxygens (including phenoxy) is 1. The lowest BCUT2D eigenvalue weighted by Crippen LogP contribution is -2.29. The summed E-state index contributed by atoms with van der Waals surface area (Å²) in [6.07, 6.45) is 0. The average molecular weight is 446 g/mol. The zero-order chi connectivity index (χ0) is 22.2. The van der Waals surface area contributed by atoms with Gasteiger partial charge in [-0.25, -0.2) is 4.79 Å². The summed E-state index contributed by atoms with van der Waals surface area (Å²) in [5.41, 5.74) is 3.84. The molecule has 1 atom stereocenters. The topological polar surface area (TPSA) is 95.5 Å². The molecule has 1 aliphatic heterocycles. The van der Waals surface area contributed by atoms with Crippen LogP contribution in [-0.4, -0.2) is 33.8 Å². The molecule has 5 rings (SSSR count). The molecule has 0 spiro atoms. The van der Waals surface area contributed by atoms with Gasteiger partial charge in [0.25, 0.3) is 5.91 Å². The number of aromatic nitrogens is 2. The lowest BCUT2D eigenvalue weighted by molar-refractivity contribution is 0.0526. The van der Waals surface area contributed by atoms with Gasteiger partial charge >= 0.3 is 5.97 Å². The molecule has 2 aromatic heterocycles. The van der Waals surface area contributed by atoms with Crippen molar-refractivity contribution < 1.29 is 19.4 Å². The first-order valence-electron chi connectivity index (χ1n) is 10.1. The molecule has 2 aromatic carbocycles. The number of phenols is 1.